The molecule has 0 aliphatic heterocycles. The summed E-state index contributed by atoms with van der Waals surface area (Å²) < 4.78 is 34.5. The van der Waals surface area contributed by atoms with Gasteiger partial charge in [0.05, 0.1) is 27.7 Å². The largest absolute Gasteiger partial charge is 0.472 e. The van der Waals surface area contributed by atoms with E-state index in [1.807, 2.05) is 21.1 Å². The highest BCUT2D eigenvalue weighted by Crippen LogP contribution is 2.43. The molecule has 9 nitrogen and oxygen atoms in total. The summed E-state index contributed by atoms with van der Waals surface area (Å²) >= 11 is 0. The Hall–Kier alpha value is -1.51. The molecule has 64 heavy (non-hydrogen) atoms. The lowest BCUT2D eigenvalue weighted by molar-refractivity contribution is -0.870. The first kappa shape index (κ1) is 62.5. The van der Waals surface area contributed by atoms with Crippen LogP contribution in [0.4, 0.5) is 0 Å². The van der Waals surface area contributed by atoms with Crippen molar-refractivity contribution in [2.45, 2.75) is 264 Å². The number of unbranched alkanes of at least 4 members (excludes halogenated alkanes) is 32. The molecule has 0 aromatic heterocycles. The van der Waals surface area contributed by atoms with Crippen LogP contribution in [-0.2, 0) is 32.7 Å². The fourth-order valence-corrected chi connectivity index (χ4v) is 8.45. The van der Waals surface area contributed by atoms with Gasteiger partial charge in [-0.1, -0.05) is 205 Å². The van der Waals surface area contributed by atoms with Gasteiger partial charge in [-0.2, -0.15) is 0 Å². The summed E-state index contributed by atoms with van der Waals surface area (Å²) in [6.07, 6.45) is 53.7. The lowest BCUT2D eigenvalue weighted by Crippen LogP contribution is -2.37. The molecule has 0 radical (unpaired) electrons. The van der Waals surface area contributed by atoms with Crippen molar-refractivity contribution in [2.75, 3.05) is 47.5 Å². The molecule has 2 atom stereocenters. The third kappa shape index (κ3) is 49.9. The number of allylic oxidation sites excluding steroid dienone is 4. The molecule has 0 aliphatic carbocycles. The number of esters is 2. The van der Waals surface area contributed by atoms with E-state index >= 15 is 0 Å². The van der Waals surface area contributed by atoms with Crippen molar-refractivity contribution in [1.82, 2.24) is 0 Å². The first-order chi connectivity index (χ1) is 31.0. The maximum absolute atomic E-state index is 12.8. The van der Waals surface area contributed by atoms with Gasteiger partial charge in [0.15, 0.2) is 6.10 Å². The topological polar surface area (TPSA) is 108 Å². The molecular formula is C54H105NO8P+. The third-order valence-corrected chi connectivity index (χ3v) is 12.9. The van der Waals surface area contributed by atoms with E-state index in [0.29, 0.717) is 23.9 Å². The number of phosphoric ester groups is 1. The maximum Gasteiger partial charge on any atom is 0.472 e. The Kier molecular flexibility index (Phi) is 45.5. The molecule has 0 saturated carbocycles. The summed E-state index contributed by atoms with van der Waals surface area (Å²) in [6, 6.07) is 0. The number of quaternary nitrogens is 1. The van der Waals surface area contributed by atoms with E-state index in [1.54, 1.807) is 0 Å². The van der Waals surface area contributed by atoms with E-state index in [0.717, 1.165) is 38.5 Å². The Labute approximate surface area is 396 Å². The van der Waals surface area contributed by atoms with Crippen molar-refractivity contribution in [3.05, 3.63) is 24.3 Å². The van der Waals surface area contributed by atoms with E-state index in [1.165, 1.54) is 186 Å². The van der Waals surface area contributed by atoms with Gasteiger partial charge in [-0.3, -0.25) is 18.6 Å². The zero-order valence-electron chi connectivity index (χ0n) is 42.8. The number of likely N-dealkylation sites (N-methyl/N-ethyl adjacent to an activating group) is 1. The van der Waals surface area contributed by atoms with Gasteiger partial charge < -0.3 is 18.9 Å². The second-order valence-corrected chi connectivity index (χ2v) is 21.1. The summed E-state index contributed by atoms with van der Waals surface area (Å²) in [7, 11) is 1.49. The van der Waals surface area contributed by atoms with Crippen LogP contribution in [-0.4, -0.2) is 74.9 Å². The number of carbonyl (C=O) groups excluding carboxylic acids is 2. The number of rotatable bonds is 50. The number of phosphoric acid groups is 1. The van der Waals surface area contributed by atoms with Crippen molar-refractivity contribution >= 4 is 19.8 Å². The standard InChI is InChI=1S/C54H104NO8P/c1-6-8-10-12-14-16-18-20-22-24-26-27-29-30-32-34-36-38-40-42-44-46-53(56)60-50-52(51-62-64(58,59)61-49-48-55(3,4)5)63-54(57)47-45-43-41-39-37-35-33-31-28-25-23-21-19-17-15-13-11-9-7-2/h20-23,52H,6-19,24-51H2,1-5H3/p+1/b22-20-,23-21-/t52-/m1/s1. The van der Waals surface area contributed by atoms with Crippen LogP contribution in [0.1, 0.15) is 258 Å². The molecule has 0 aliphatic rings. The van der Waals surface area contributed by atoms with Crippen LogP contribution in [0.15, 0.2) is 24.3 Å². The lowest BCUT2D eigenvalue weighted by Gasteiger charge is -2.24. The predicted octanol–water partition coefficient (Wildman–Crippen LogP) is 16.3. The Morgan fingerprint density at radius 2 is 0.797 bits per heavy atom. The highest BCUT2D eigenvalue weighted by atomic mass is 31.2. The van der Waals surface area contributed by atoms with Crippen LogP contribution in [0, 0.1) is 0 Å². The molecule has 1 unspecified atom stereocenters. The number of hydrogen-bond acceptors (Lipinski definition) is 7. The van der Waals surface area contributed by atoms with Crippen LogP contribution < -0.4 is 0 Å². The number of hydrogen-bond donors (Lipinski definition) is 1. The van der Waals surface area contributed by atoms with Gasteiger partial charge in [0, 0.05) is 12.8 Å². The summed E-state index contributed by atoms with van der Waals surface area (Å²) in [6.45, 7) is 4.46. The number of nitrogens with zero attached hydrogens (tertiary/aromatic N) is 1. The van der Waals surface area contributed by atoms with Gasteiger partial charge in [0.2, 0.25) is 0 Å². The van der Waals surface area contributed by atoms with Crippen LogP contribution in [0.2, 0.25) is 0 Å². The molecule has 0 aromatic rings. The molecule has 0 bridgehead atoms. The van der Waals surface area contributed by atoms with E-state index < -0.39 is 26.5 Å². The molecule has 10 heteroatoms. The summed E-state index contributed by atoms with van der Waals surface area (Å²) in [5, 5.41) is 0. The Morgan fingerprint density at radius 1 is 0.469 bits per heavy atom. The van der Waals surface area contributed by atoms with Crippen LogP contribution in [0.3, 0.4) is 0 Å². The summed E-state index contributed by atoms with van der Waals surface area (Å²) in [4.78, 5) is 35.6. The normalized spacial score (nSPS) is 13.5. The Bertz CT molecular complexity index is 1140. The first-order valence-corrected chi connectivity index (χ1v) is 28.6. The molecule has 0 spiro atoms. The molecule has 1 N–H and O–H groups in total. The van der Waals surface area contributed by atoms with E-state index in [-0.39, 0.29) is 25.6 Å². The average molecular weight is 927 g/mol. The molecule has 0 saturated heterocycles. The lowest BCUT2D eigenvalue weighted by atomic mass is 10.0. The minimum absolute atomic E-state index is 0.0331. The van der Waals surface area contributed by atoms with Crippen molar-refractivity contribution in [3.63, 3.8) is 0 Å². The monoisotopic (exact) mass is 927 g/mol. The second kappa shape index (κ2) is 46.6. The summed E-state index contributed by atoms with van der Waals surface area (Å²) in [5.74, 6) is -0.789. The van der Waals surface area contributed by atoms with E-state index in [9.17, 15) is 19.0 Å². The van der Waals surface area contributed by atoms with Crippen LogP contribution >= 0.6 is 7.82 Å². The minimum Gasteiger partial charge on any atom is -0.462 e. The van der Waals surface area contributed by atoms with Gasteiger partial charge in [0.1, 0.15) is 19.8 Å². The minimum atomic E-state index is -4.38. The molecule has 0 fully saturated rings. The van der Waals surface area contributed by atoms with Crippen LogP contribution in [0.25, 0.3) is 0 Å². The van der Waals surface area contributed by atoms with Gasteiger partial charge in [-0.15, -0.1) is 0 Å². The first-order valence-electron chi connectivity index (χ1n) is 27.1. The SMILES string of the molecule is CCCCCCCC/C=C\CCCCCCCCCCCCCC(=O)OC[C@H](COP(=O)(O)OCC[N+](C)(C)C)OC(=O)CCCCCCCCCCC/C=C\CCCCCCCC. The average Bonchev–Trinajstić information content (AvgIpc) is 3.25. The molecular weight excluding hydrogens is 822 g/mol. The van der Waals surface area contributed by atoms with Crippen molar-refractivity contribution in [2.24, 2.45) is 0 Å². The Balaban J connectivity index is 4.20. The smallest absolute Gasteiger partial charge is 0.462 e. The number of ether oxygens (including phenoxy) is 2. The van der Waals surface area contributed by atoms with Gasteiger partial charge in [-0.05, 0) is 64.2 Å². The predicted molar refractivity (Wildman–Crippen MR) is 271 cm³/mol. The highest BCUT2D eigenvalue weighted by Gasteiger charge is 2.27. The quantitative estimate of drug-likeness (QED) is 0.0211. The van der Waals surface area contributed by atoms with Gasteiger partial charge in [-0.25, -0.2) is 4.57 Å². The molecule has 378 valence electrons. The molecule has 0 amide bonds. The number of carbonyl (C=O) groups is 2. The fourth-order valence-electron chi connectivity index (χ4n) is 7.71. The maximum atomic E-state index is 12.8. The zero-order valence-corrected chi connectivity index (χ0v) is 43.7. The van der Waals surface area contributed by atoms with E-state index in [4.69, 9.17) is 18.5 Å². The highest BCUT2D eigenvalue weighted by molar-refractivity contribution is 7.47. The van der Waals surface area contributed by atoms with Crippen LogP contribution in [0.5, 0.6) is 0 Å². The summed E-state index contributed by atoms with van der Waals surface area (Å²) in [5.41, 5.74) is 0. The van der Waals surface area contributed by atoms with Gasteiger partial charge in [0.25, 0.3) is 0 Å². The van der Waals surface area contributed by atoms with Crippen molar-refractivity contribution < 1.29 is 42.1 Å². The fraction of sp³-hybridized carbons (Fsp3) is 0.889. The van der Waals surface area contributed by atoms with Crippen molar-refractivity contribution in [3.8, 4) is 0 Å². The second-order valence-electron chi connectivity index (χ2n) is 19.6. The molecule has 0 aromatic carbocycles. The van der Waals surface area contributed by atoms with E-state index in [2.05, 4.69) is 38.2 Å². The zero-order chi connectivity index (χ0) is 47.1. The van der Waals surface area contributed by atoms with Gasteiger partial charge >= 0.3 is 19.8 Å². The molecule has 0 rings (SSSR count). The Morgan fingerprint density at radius 3 is 1.16 bits per heavy atom. The third-order valence-electron chi connectivity index (χ3n) is 12.0. The van der Waals surface area contributed by atoms with Crippen molar-refractivity contribution in [1.29, 1.82) is 0 Å². The molecule has 0 heterocycles.